The van der Waals surface area contributed by atoms with Gasteiger partial charge in [-0.05, 0) is 77.0 Å². The summed E-state index contributed by atoms with van der Waals surface area (Å²) in [4.78, 5) is 66.4. The van der Waals surface area contributed by atoms with Gasteiger partial charge >= 0.3 is 31.7 Å². The van der Waals surface area contributed by atoms with Crippen molar-refractivity contribution in [3.05, 3.63) is 24.3 Å². The Morgan fingerprint density at radius 1 is 0.336 bits per heavy atom. The lowest BCUT2D eigenvalue weighted by atomic mass is 9.84. The second-order valence-electron chi connectivity index (χ2n) is 33.2. The molecular formula is C90H165O25P. The van der Waals surface area contributed by atoms with Crippen LogP contribution < -0.4 is 0 Å². The van der Waals surface area contributed by atoms with E-state index in [4.69, 9.17) is 46.9 Å². The van der Waals surface area contributed by atoms with Gasteiger partial charge in [0, 0.05) is 25.7 Å². The van der Waals surface area contributed by atoms with E-state index in [1.54, 1.807) is 0 Å². The number of ether oxygens (including phenoxy) is 8. The van der Waals surface area contributed by atoms with Crippen LogP contribution >= 0.6 is 7.82 Å². The highest BCUT2D eigenvalue weighted by Crippen LogP contribution is 2.49. The monoisotopic (exact) mass is 1680 g/mol. The Hall–Kier alpha value is -3.05. The van der Waals surface area contributed by atoms with Crippen LogP contribution in [0.4, 0.5) is 0 Å². The van der Waals surface area contributed by atoms with E-state index in [1.807, 2.05) is 0 Å². The van der Waals surface area contributed by atoms with Crippen LogP contribution in [0, 0.1) is 0 Å². The molecule has 3 aliphatic rings. The summed E-state index contributed by atoms with van der Waals surface area (Å²) in [5, 5.41) is 102. The number of carbonyl (C=O) groups excluding carboxylic acids is 4. The highest BCUT2D eigenvalue weighted by molar-refractivity contribution is 7.47. The molecule has 680 valence electrons. The lowest BCUT2D eigenvalue weighted by Crippen LogP contribution is -2.70. The van der Waals surface area contributed by atoms with Gasteiger partial charge < -0.3 is 88.7 Å². The number of hydrogen-bond acceptors (Lipinski definition) is 24. The third-order valence-corrected chi connectivity index (χ3v) is 23.7. The van der Waals surface area contributed by atoms with E-state index in [2.05, 4.69) is 52.0 Å². The number of phosphoric ester groups is 1. The number of unbranched alkanes of at least 4 members (excludes halogenated alkanes) is 47. The van der Waals surface area contributed by atoms with Crippen molar-refractivity contribution < 1.29 is 122 Å². The molecule has 2 heterocycles. The Labute approximate surface area is 698 Å². The van der Waals surface area contributed by atoms with Crippen LogP contribution in [-0.4, -0.2) is 205 Å². The van der Waals surface area contributed by atoms with Crippen LogP contribution in [0.1, 0.15) is 394 Å². The predicted molar refractivity (Wildman–Crippen MR) is 449 cm³/mol. The first-order valence-corrected chi connectivity index (χ1v) is 48.1. The van der Waals surface area contributed by atoms with E-state index in [0.717, 1.165) is 116 Å². The summed E-state index contributed by atoms with van der Waals surface area (Å²) in [7, 11) is -5.81. The summed E-state index contributed by atoms with van der Waals surface area (Å²) in [6, 6.07) is 0. The second kappa shape index (κ2) is 69.4. The molecule has 0 aromatic carbocycles. The molecule has 1 aliphatic carbocycles. The molecule has 18 atom stereocenters. The number of hydrogen-bond donors (Lipinski definition) is 10. The smallest absolute Gasteiger partial charge is 0.463 e. The molecule has 26 heteroatoms. The average molecular weight is 1680 g/mol. The maximum Gasteiger partial charge on any atom is 0.472 e. The van der Waals surface area contributed by atoms with Crippen molar-refractivity contribution in [3.63, 3.8) is 0 Å². The van der Waals surface area contributed by atoms with Crippen molar-refractivity contribution in [2.24, 2.45) is 0 Å². The third kappa shape index (κ3) is 49.3. The van der Waals surface area contributed by atoms with Crippen molar-refractivity contribution in [2.75, 3.05) is 26.4 Å². The Bertz CT molecular complexity index is 2510. The first-order valence-electron chi connectivity index (χ1n) is 46.6. The number of phosphoric acid groups is 1. The number of allylic oxidation sites excluding steroid dienone is 4. The topological polar surface area (TPSA) is 380 Å². The van der Waals surface area contributed by atoms with Crippen LogP contribution in [0.5, 0.6) is 0 Å². The molecule has 10 N–H and O–H groups in total. The third-order valence-electron chi connectivity index (χ3n) is 22.7. The summed E-state index contributed by atoms with van der Waals surface area (Å²) in [5.41, 5.74) is 0. The molecule has 3 rings (SSSR count). The molecule has 2 aliphatic heterocycles. The van der Waals surface area contributed by atoms with E-state index in [1.165, 1.54) is 180 Å². The van der Waals surface area contributed by atoms with Crippen LogP contribution in [0.25, 0.3) is 0 Å². The summed E-state index contributed by atoms with van der Waals surface area (Å²) >= 11 is 0. The minimum atomic E-state index is -5.81. The molecule has 0 radical (unpaired) electrons. The van der Waals surface area contributed by atoms with E-state index >= 15 is 0 Å². The summed E-state index contributed by atoms with van der Waals surface area (Å²) in [6.07, 6.45) is 28.9. The largest absolute Gasteiger partial charge is 0.472 e. The Kier molecular flexibility index (Phi) is 64.1. The van der Waals surface area contributed by atoms with Gasteiger partial charge in [-0.15, -0.1) is 0 Å². The molecule has 0 aromatic rings. The van der Waals surface area contributed by atoms with Crippen LogP contribution in [0.15, 0.2) is 24.3 Å². The Balaban J connectivity index is 1.93. The minimum absolute atomic E-state index is 0.00604. The van der Waals surface area contributed by atoms with Gasteiger partial charge in [-0.3, -0.25) is 28.2 Å². The quantitative estimate of drug-likeness (QED) is 0.00889. The van der Waals surface area contributed by atoms with Gasteiger partial charge in [0.2, 0.25) is 0 Å². The highest BCUT2D eigenvalue weighted by atomic mass is 31.2. The molecule has 0 amide bonds. The molecular weight excluding hydrogens is 1510 g/mol. The molecule has 0 aromatic heterocycles. The maximum atomic E-state index is 14.9. The Morgan fingerprint density at radius 3 is 1.03 bits per heavy atom. The van der Waals surface area contributed by atoms with Gasteiger partial charge in [-0.25, -0.2) is 4.57 Å². The van der Waals surface area contributed by atoms with Crippen LogP contribution in [-0.2, 0) is 70.7 Å². The summed E-state index contributed by atoms with van der Waals surface area (Å²) in [5.74, 6) is -2.99. The summed E-state index contributed by atoms with van der Waals surface area (Å²) in [6.45, 7) is 5.56. The molecule has 116 heavy (non-hydrogen) atoms. The SMILES string of the molecule is CCCCCCCC/C=C\CCCCCC(=O)OCC1OC(OC2C(OC(=O)CCCCCCCCCCCCCCCCCC)C(O)C(O)C(OC3OC(CO)C(O)C(O)C3O)C2OP(=O)(O)OCC(COC(=O)CCCCCCCCCCCCCCCCC)OC(=O)CCCCC/C=C\CCCCCCCC)C(O)C(O)C1O. The fraction of sp³-hybridized carbons (Fsp3) is 0.911. The average Bonchev–Trinajstić information content (AvgIpc) is 0.754. The van der Waals surface area contributed by atoms with E-state index in [0.29, 0.717) is 44.9 Å². The number of esters is 4. The zero-order chi connectivity index (χ0) is 84.7. The summed E-state index contributed by atoms with van der Waals surface area (Å²) < 4.78 is 73.3. The second-order valence-corrected chi connectivity index (χ2v) is 34.6. The number of aliphatic hydroxyl groups is 9. The molecule has 0 spiro atoms. The van der Waals surface area contributed by atoms with Gasteiger partial charge in [-0.2, -0.15) is 0 Å². The van der Waals surface area contributed by atoms with E-state index in [9.17, 15) is 74.6 Å². The zero-order valence-corrected chi connectivity index (χ0v) is 73.2. The number of rotatable bonds is 75. The molecule has 3 fully saturated rings. The highest BCUT2D eigenvalue weighted by Gasteiger charge is 2.60. The molecule has 1 saturated carbocycles. The van der Waals surface area contributed by atoms with Crippen LogP contribution in [0.2, 0.25) is 0 Å². The normalized spacial score (nSPS) is 25.2. The van der Waals surface area contributed by atoms with Crippen molar-refractivity contribution in [1.82, 2.24) is 0 Å². The van der Waals surface area contributed by atoms with Gasteiger partial charge in [0.25, 0.3) is 0 Å². The van der Waals surface area contributed by atoms with Gasteiger partial charge in [-0.1, -0.05) is 315 Å². The zero-order valence-electron chi connectivity index (χ0n) is 72.3. The standard InChI is InChI=1S/C90H165O25P/c1-5-9-13-17-21-25-29-33-35-37-41-45-49-53-57-61-65-76(95)112-85-81(100)82(101)86(113-89-83(102)79(98)77(96)71(66-91)110-89)88(87(85)114-90-84(103)80(99)78(97)72(111-90)69-107-74(93)63-59-55-51-47-42-38-31-27-23-19-15-11-7-3)115-116(104,105)108-68-70(109-75(94)64-60-56-52-48-44-39-32-28-24-20-16-12-8-4)67-106-73(92)62-58-54-50-46-43-40-36-34-30-26-22-18-14-10-6-2/h38-39,42,44,70-72,77-91,96-103H,5-37,40-41,43,45-69H2,1-4H3,(H,104,105)/b42-38-,44-39-. The minimum Gasteiger partial charge on any atom is -0.463 e. The fourth-order valence-electron chi connectivity index (χ4n) is 15.2. The fourth-order valence-corrected chi connectivity index (χ4v) is 16.2. The maximum absolute atomic E-state index is 14.9. The van der Waals surface area contributed by atoms with Gasteiger partial charge in [0.15, 0.2) is 24.8 Å². The van der Waals surface area contributed by atoms with E-state index in [-0.39, 0.29) is 25.7 Å². The van der Waals surface area contributed by atoms with Crippen molar-refractivity contribution >= 4 is 31.7 Å². The molecule has 25 nitrogen and oxygen atoms in total. The predicted octanol–water partition coefficient (Wildman–Crippen LogP) is 16.9. The lowest BCUT2D eigenvalue weighted by molar-refractivity contribution is -0.360. The molecule has 2 saturated heterocycles. The van der Waals surface area contributed by atoms with Crippen molar-refractivity contribution in [1.29, 1.82) is 0 Å². The first-order chi connectivity index (χ1) is 56.2. The van der Waals surface area contributed by atoms with Crippen molar-refractivity contribution in [2.45, 2.75) is 498 Å². The van der Waals surface area contributed by atoms with E-state index < -0.39 is 162 Å². The first kappa shape index (κ1) is 107. The van der Waals surface area contributed by atoms with Gasteiger partial charge in [0.1, 0.15) is 92.6 Å². The van der Waals surface area contributed by atoms with Gasteiger partial charge in [0.05, 0.1) is 13.2 Å². The van der Waals surface area contributed by atoms with Crippen molar-refractivity contribution in [3.8, 4) is 0 Å². The Morgan fingerprint density at radius 2 is 0.647 bits per heavy atom. The van der Waals surface area contributed by atoms with Crippen LogP contribution in [0.3, 0.4) is 0 Å². The molecule has 0 bridgehead atoms. The number of carbonyl (C=O) groups is 4. The number of aliphatic hydroxyl groups excluding tert-OH is 9. The lowest BCUT2D eigenvalue weighted by Gasteiger charge is -2.50. The molecule has 18 unspecified atom stereocenters.